The van der Waals surface area contributed by atoms with Gasteiger partial charge in [0.2, 0.25) is 5.90 Å². The SMILES string of the molecule is COc1cc(/C=C2\N=C(c3ccc(-c4ccccc4)cc3)OC2=O)cc(Br)c1OCc1ccc(F)cc1. The third-order valence-electron chi connectivity index (χ3n) is 5.71. The summed E-state index contributed by atoms with van der Waals surface area (Å²) in [7, 11) is 1.53. The van der Waals surface area contributed by atoms with Gasteiger partial charge < -0.3 is 14.2 Å². The van der Waals surface area contributed by atoms with Crippen molar-refractivity contribution in [3.63, 3.8) is 0 Å². The molecule has 0 radical (unpaired) electrons. The van der Waals surface area contributed by atoms with E-state index in [0.29, 0.717) is 27.1 Å². The molecule has 4 aromatic carbocycles. The summed E-state index contributed by atoms with van der Waals surface area (Å²) in [5, 5.41) is 0. The highest BCUT2D eigenvalue weighted by molar-refractivity contribution is 9.10. The van der Waals surface area contributed by atoms with Crippen LogP contribution >= 0.6 is 15.9 Å². The number of benzene rings is 4. The van der Waals surface area contributed by atoms with Crippen LogP contribution in [0.2, 0.25) is 0 Å². The number of hydrogen-bond acceptors (Lipinski definition) is 5. The van der Waals surface area contributed by atoms with Crippen LogP contribution in [0, 0.1) is 5.82 Å². The summed E-state index contributed by atoms with van der Waals surface area (Å²) in [4.78, 5) is 17.0. The van der Waals surface area contributed by atoms with Crippen molar-refractivity contribution in [2.75, 3.05) is 7.11 Å². The number of carbonyl (C=O) groups excluding carboxylic acids is 1. The second kappa shape index (κ2) is 10.8. The van der Waals surface area contributed by atoms with Crippen LogP contribution in [0.4, 0.5) is 4.39 Å². The summed E-state index contributed by atoms with van der Waals surface area (Å²) < 4.78 is 30.6. The van der Waals surface area contributed by atoms with Crippen molar-refractivity contribution in [1.82, 2.24) is 0 Å². The third kappa shape index (κ3) is 5.62. The van der Waals surface area contributed by atoms with Gasteiger partial charge in [0.25, 0.3) is 0 Å². The van der Waals surface area contributed by atoms with Gasteiger partial charge >= 0.3 is 5.97 Å². The smallest absolute Gasteiger partial charge is 0.363 e. The van der Waals surface area contributed by atoms with Crippen molar-refractivity contribution >= 4 is 33.9 Å². The fraction of sp³-hybridized carbons (Fsp3) is 0.0667. The first kappa shape index (κ1) is 24.5. The molecule has 0 spiro atoms. The van der Waals surface area contributed by atoms with Crippen LogP contribution in [0.15, 0.2) is 106 Å². The lowest BCUT2D eigenvalue weighted by atomic mass is 10.0. The molecule has 184 valence electrons. The van der Waals surface area contributed by atoms with Crippen molar-refractivity contribution in [2.24, 2.45) is 4.99 Å². The van der Waals surface area contributed by atoms with E-state index in [9.17, 15) is 9.18 Å². The van der Waals surface area contributed by atoms with Gasteiger partial charge in [0.05, 0.1) is 11.6 Å². The maximum Gasteiger partial charge on any atom is 0.363 e. The zero-order valence-corrected chi connectivity index (χ0v) is 21.4. The highest BCUT2D eigenvalue weighted by Crippen LogP contribution is 2.38. The molecule has 4 aromatic rings. The second-order valence-electron chi connectivity index (χ2n) is 8.23. The molecule has 7 heteroatoms. The van der Waals surface area contributed by atoms with Gasteiger partial charge in [0.15, 0.2) is 17.2 Å². The number of ether oxygens (including phenoxy) is 3. The van der Waals surface area contributed by atoms with E-state index in [2.05, 4.69) is 20.9 Å². The predicted octanol–water partition coefficient (Wildman–Crippen LogP) is 7.19. The lowest BCUT2D eigenvalue weighted by molar-refractivity contribution is -0.129. The highest BCUT2D eigenvalue weighted by atomic mass is 79.9. The number of methoxy groups -OCH3 is 1. The van der Waals surface area contributed by atoms with E-state index >= 15 is 0 Å². The van der Waals surface area contributed by atoms with Crippen molar-refractivity contribution in [3.8, 4) is 22.6 Å². The molecule has 0 aromatic heterocycles. The van der Waals surface area contributed by atoms with E-state index in [1.165, 1.54) is 19.2 Å². The van der Waals surface area contributed by atoms with Crippen LogP contribution in [0.5, 0.6) is 11.5 Å². The first-order valence-electron chi connectivity index (χ1n) is 11.4. The Hall–Kier alpha value is -4.23. The molecule has 1 heterocycles. The molecule has 0 saturated carbocycles. The lowest BCUT2D eigenvalue weighted by Gasteiger charge is -2.13. The number of hydrogen-bond donors (Lipinski definition) is 0. The maximum absolute atomic E-state index is 13.2. The molecule has 5 nitrogen and oxygen atoms in total. The molecular weight excluding hydrogens is 537 g/mol. The summed E-state index contributed by atoms with van der Waals surface area (Å²) in [5.74, 6) is 0.372. The van der Waals surface area contributed by atoms with Gasteiger partial charge in [0, 0.05) is 5.56 Å². The normalized spacial score (nSPS) is 13.9. The zero-order valence-electron chi connectivity index (χ0n) is 19.8. The number of rotatable bonds is 7. The quantitative estimate of drug-likeness (QED) is 0.178. The Kier molecular flexibility index (Phi) is 7.14. The Labute approximate surface area is 222 Å². The van der Waals surface area contributed by atoms with Gasteiger partial charge in [-0.05, 0) is 80.7 Å². The van der Waals surface area contributed by atoms with Gasteiger partial charge in [-0.25, -0.2) is 14.2 Å². The van der Waals surface area contributed by atoms with E-state index in [4.69, 9.17) is 14.2 Å². The molecule has 0 atom stereocenters. The molecule has 0 fully saturated rings. The first-order chi connectivity index (χ1) is 18.0. The zero-order chi connectivity index (χ0) is 25.8. The third-order valence-corrected chi connectivity index (χ3v) is 6.30. The van der Waals surface area contributed by atoms with E-state index in [-0.39, 0.29) is 24.0 Å². The molecule has 0 bridgehead atoms. The lowest BCUT2D eigenvalue weighted by Crippen LogP contribution is -2.05. The topological polar surface area (TPSA) is 57.1 Å². The maximum atomic E-state index is 13.2. The minimum absolute atomic E-state index is 0.177. The highest BCUT2D eigenvalue weighted by Gasteiger charge is 2.24. The molecule has 0 amide bonds. The van der Waals surface area contributed by atoms with Crippen LogP contribution in [-0.2, 0) is 16.1 Å². The van der Waals surface area contributed by atoms with Crippen LogP contribution in [0.1, 0.15) is 16.7 Å². The largest absolute Gasteiger partial charge is 0.493 e. The molecule has 1 aliphatic heterocycles. The second-order valence-corrected chi connectivity index (χ2v) is 9.08. The molecule has 0 saturated heterocycles. The Morgan fingerprint density at radius 2 is 1.59 bits per heavy atom. The van der Waals surface area contributed by atoms with E-state index in [1.54, 1.807) is 30.3 Å². The fourth-order valence-corrected chi connectivity index (χ4v) is 4.40. The van der Waals surface area contributed by atoms with Crippen LogP contribution < -0.4 is 9.47 Å². The molecular formula is C30H21BrFNO4. The average molecular weight is 558 g/mol. The van der Waals surface area contributed by atoms with Crippen LogP contribution in [0.3, 0.4) is 0 Å². The van der Waals surface area contributed by atoms with Crippen molar-refractivity contribution in [3.05, 3.63) is 124 Å². The summed E-state index contributed by atoms with van der Waals surface area (Å²) >= 11 is 3.52. The molecule has 5 rings (SSSR count). The number of cyclic esters (lactones) is 1. The van der Waals surface area contributed by atoms with Gasteiger partial charge in [-0.3, -0.25) is 0 Å². The summed E-state index contributed by atoms with van der Waals surface area (Å²) in [5.41, 5.74) is 4.53. The average Bonchev–Trinajstić information content (AvgIpc) is 3.29. The van der Waals surface area contributed by atoms with Crippen LogP contribution in [0.25, 0.3) is 17.2 Å². The van der Waals surface area contributed by atoms with Crippen LogP contribution in [-0.4, -0.2) is 19.0 Å². The number of halogens is 2. The minimum Gasteiger partial charge on any atom is -0.493 e. The van der Waals surface area contributed by atoms with Gasteiger partial charge in [-0.2, -0.15) is 0 Å². The summed E-state index contributed by atoms with van der Waals surface area (Å²) in [6.07, 6.45) is 1.63. The summed E-state index contributed by atoms with van der Waals surface area (Å²) in [6, 6.07) is 27.3. The van der Waals surface area contributed by atoms with Crippen molar-refractivity contribution in [2.45, 2.75) is 6.61 Å². The number of aliphatic imine (C=N–C) groups is 1. The van der Waals surface area contributed by atoms with E-state index in [1.807, 2.05) is 54.6 Å². The Balaban J connectivity index is 1.36. The Morgan fingerprint density at radius 3 is 2.30 bits per heavy atom. The first-order valence-corrected chi connectivity index (χ1v) is 12.2. The monoisotopic (exact) mass is 557 g/mol. The van der Waals surface area contributed by atoms with Crippen molar-refractivity contribution in [1.29, 1.82) is 0 Å². The molecule has 1 aliphatic rings. The predicted molar refractivity (Wildman–Crippen MR) is 144 cm³/mol. The summed E-state index contributed by atoms with van der Waals surface area (Å²) in [6.45, 7) is 0.235. The van der Waals surface area contributed by atoms with E-state index in [0.717, 1.165) is 16.7 Å². The Morgan fingerprint density at radius 1 is 0.919 bits per heavy atom. The molecule has 0 aliphatic carbocycles. The molecule has 0 N–H and O–H groups in total. The Bertz CT molecular complexity index is 1500. The molecule has 0 unspecified atom stereocenters. The molecule has 37 heavy (non-hydrogen) atoms. The van der Waals surface area contributed by atoms with Gasteiger partial charge in [-0.1, -0.05) is 54.6 Å². The number of carbonyl (C=O) groups is 1. The van der Waals surface area contributed by atoms with Gasteiger partial charge in [0.1, 0.15) is 12.4 Å². The van der Waals surface area contributed by atoms with Crippen molar-refractivity contribution < 1.29 is 23.4 Å². The van der Waals surface area contributed by atoms with Gasteiger partial charge in [-0.15, -0.1) is 0 Å². The fourth-order valence-electron chi connectivity index (χ4n) is 3.83. The minimum atomic E-state index is -0.533. The van der Waals surface area contributed by atoms with E-state index < -0.39 is 5.97 Å². The number of esters is 1. The standard InChI is InChI=1S/C30H21BrFNO4/c1-35-27-17-20(15-25(31)28(27)36-18-19-7-13-24(32)14-8-19)16-26-30(34)37-29(33-26)23-11-9-22(10-12-23)21-5-3-2-4-6-21/h2-17H,18H2,1H3/b26-16-. The number of nitrogens with zero attached hydrogens (tertiary/aromatic N) is 1.